The van der Waals surface area contributed by atoms with Crippen molar-refractivity contribution in [2.45, 2.75) is 25.6 Å². The van der Waals surface area contributed by atoms with Crippen LogP contribution >= 0.6 is 0 Å². The van der Waals surface area contributed by atoms with Gasteiger partial charge in [-0.25, -0.2) is 0 Å². The fraction of sp³-hybridized carbons (Fsp3) is 0.600. The summed E-state index contributed by atoms with van der Waals surface area (Å²) >= 11 is 0. The van der Waals surface area contributed by atoms with E-state index in [1.807, 2.05) is 13.8 Å². The first-order valence-corrected chi connectivity index (χ1v) is 6.59. The highest BCUT2D eigenvalue weighted by atomic mass is 16.5. The Morgan fingerprint density at radius 3 is 2.45 bits per heavy atom. The second-order valence-electron chi connectivity index (χ2n) is 5.22. The SMILES string of the molecule is COc1ccc(OC)c(C(O)CNCC(C)(C)OC)c1. The lowest BCUT2D eigenvalue weighted by Crippen LogP contribution is -2.38. The van der Waals surface area contributed by atoms with E-state index in [2.05, 4.69) is 5.32 Å². The molecule has 1 atom stereocenters. The van der Waals surface area contributed by atoms with Crippen LogP contribution in [0.15, 0.2) is 18.2 Å². The van der Waals surface area contributed by atoms with Gasteiger partial charge in [0.25, 0.3) is 0 Å². The molecule has 0 spiro atoms. The standard InChI is InChI=1S/C15H25NO4/c1-15(2,20-5)10-16-9-13(17)12-8-11(18-3)6-7-14(12)19-4/h6-8,13,16-17H,9-10H2,1-5H3. The number of benzene rings is 1. The average molecular weight is 283 g/mol. The summed E-state index contributed by atoms with van der Waals surface area (Å²) in [5.74, 6) is 1.34. The van der Waals surface area contributed by atoms with Gasteiger partial charge in [0.15, 0.2) is 0 Å². The third-order valence-corrected chi connectivity index (χ3v) is 3.24. The van der Waals surface area contributed by atoms with E-state index in [1.165, 1.54) is 0 Å². The molecule has 5 nitrogen and oxygen atoms in total. The van der Waals surface area contributed by atoms with Gasteiger partial charge in [0.05, 0.1) is 25.9 Å². The van der Waals surface area contributed by atoms with Crippen LogP contribution in [0.5, 0.6) is 11.5 Å². The van der Waals surface area contributed by atoms with Gasteiger partial charge in [-0.05, 0) is 32.0 Å². The van der Waals surface area contributed by atoms with Crippen molar-refractivity contribution in [2.24, 2.45) is 0 Å². The number of aliphatic hydroxyl groups is 1. The first-order chi connectivity index (χ1) is 9.43. The maximum Gasteiger partial charge on any atom is 0.124 e. The Balaban J connectivity index is 2.69. The molecular formula is C15H25NO4. The molecule has 0 fully saturated rings. The molecule has 20 heavy (non-hydrogen) atoms. The Labute approximate surface area is 120 Å². The fourth-order valence-electron chi connectivity index (χ4n) is 1.79. The van der Waals surface area contributed by atoms with E-state index < -0.39 is 6.10 Å². The largest absolute Gasteiger partial charge is 0.497 e. The van der Waals surface area contributed by atoms with E-state index in [9.17, 15) is 5.11 Å². The number of aliphatic hydroxyl groups excluding tert-OH is 1. The van der Waals surface area contributed by atoms with Crippen LogP contribution in [-0.2, 0) is 4.74 Å². The highest BCUT2D eigenvalue weighted by molar-refractivity contribution is 5.41. The number of ether oxygens (including phenoxy) is 3. The summed E-state index contributed by atoms with van der Waals surface area (Å²) in [4.78, 5) is 0. The average Bonchev–Trinajstić information content (AvgIpc) is 2.46. The second kappa shape index (κ2) is 7.47. The topological polar surface area (TPSA) is 60.0 Å². The number of hydrogen-bond donors (Lipinski definition) is 2. The summed E-state index contributed by atoms with van der Waals surface area (Å²) in [5.41, 5.74) is 0.438. The number of rotatable bonds is 8. The molecule has 0 aliphatic rings. The zero-order valence-corrected chi connectivity index (χ0v) is 12.9. The zero-order chi connectivity index (χ0) is 15.2. The monoisotopic (exact) mass is 283 g/mol. The van der Waals surface area contributed by atoms with Gasteiger partial charge in [0, 0.05) is 25.8 Å². The predicted octanol–water partition coefficient (Wildman–Crippen LogP) is 1.75. The van der Waals surface area contributed by atoms with Crippen LogP contribution in [0.3, 0.4) is 0 Å². The van der Waals surface area contributed by atoms with Gasteiger partial charge in [-0.3, -0.25) is 0 Å². The highest BCUT2D eigenvalue weighted by Gasteiger charge is 2.18. The van der Waals surface area contributed by atoms with Crippen molar-refractivity contribution in [2.75, 3.05) is 34.4 Å². The molecule has 114 valence electrons. The molecule has 5 heteroatoms. The molecule has 0 radical (unpaired) electrons. The Hall–Kier alpha value is -1.30. The van der Waals surface area contributed by atoms with Crippen LogP contribution < -0.4 is 14.8 Å². The van der Waals surface area contributed by atoms with Crippen LogP contribution in [0.4, 0.5) is 0 Å². The van der Waals surface area contributed by atoms with E-state index >= 15 is 0 Å². The molecule has 1 aromatic rings. The molecular weight excluding hydrogens is 258 g/mol. The third kappa shape index (κ3) is 4.67. The number of nitrogens with one attached hydrogen (secondary N) is 1. The van der Waals surface area contributed by atoms with Crippen molar-refractivity contribution >= 4 is 0 Å². The molecule has 0 heterocycles. The summed E-state index contributed by atoms with van der Waals surface area (Å²) in [6.07, 6.45) is -0.673. The summed E-state index contributed by atoms with van der Waals surface area (Å²) in [5, 5.41) is 13.5. The van der Waals surface area contributed by atoms with Crippen molar-refractivity contribution < 1.29 is 19.3 Å². The van der Waals surface area contributed by atoms with Crippen LogP contribution in [0.2, 0.25) is 0 Å². The maximum atomic E-state index is 10.3. The van der Waals surface area contributed by atoms with Crippen molar-refractivity contribution in [1.82, 2.24) is 5.32 Å². The van der Waals surface area contributed by atoms with Crippen LogP contribution in [-0.4, -0.2) is 45.1 Å². The van der Waals surface area contributed by atoms with Crippen molar-refractivity contribution in [1.29, 1.82) is 0 Å². The first-order valence-electron chi connectivity index (χ1n) is 6.59. The summed E-state index contributed by atoms with van der Waals surface area (Å²) in [6, 6.07) is 5.37. The molecule has 0 saturated carbocycles. The van der Waals surface area contributed by atoms with E-state index in [0.29, 0.717) is 30.2 Å². The number of hydrogen-bond acceptors (Lipinski definition) is 5. The number of methoxy groups -OCH3 is 3. The lowest BCUT2D eigenvalue weighted by atomic mass is 10.1. The maximum absolute atomic E-state index is 10.3. The van der Waals surface area contributed by atoms with E-state index in [0.717, 1.165) is 0 Å². The van der Waals surface area contributed by atoms with Crippen molar-refractivity contribution in [3.8, 4) is 11.5 Å². The Bertz CT molecular complexity index is 420. The van der Waals surface area contributed by atoms with Gasteiger partial charge < -0.3 is 24.6 Å². The van der Waals surface area contributed by atoms with Gasteiger partial charge in [-0.1, -0.05) is 0 Å². The lowest BCUT2D eigenvalue weighted by Gasteiger charge is -2.24. The molecule has 1 unspecified atom stereocenters. The normalized spacial score (nSPS) is 13.1. The first kappa shape index (κ1) is 16.8. The Morgan fingerprint density at radius 1 is 1.20 bits per heavy atom. The van der Waals surface area contributed by atoms with Crippen molar-refractivity contribution in [3.05, 3.63) is 23.8 Å². The molecule has 0 aromatic heterocycles. The van der Waals surface area contributed by atoms with E-state index in [1.54, 1.807) is 39.5 Å². The van der Waals surface area contributed by atoms with Gasteiger partial charge in [0.1, 0.15) is 11.5 Å². The Morgan fingerprint density at radius 2 is 1.90 bits per heavy atom. The van der Waals surface area contributed by atoms with Crippen LogP contribution in [0.25, 0.3) is 0 Å². The van der Waals surface area contributed by atoms with E-state index in [-0.39, 0.29) is 5.60 Å². The van der Waals surface area contributed by atoms with Crippen LogP contribution in [0, 0.1) is 0 Å². The van der Waals surface area contributed by atoms with Crippen molar-refractivity contribution in [3.63, 3.8) is 0 Å². The summed E-state index contributed by atoms with van der Waals surface area (Å²) < 4.78 is 15.8. The molecule has 0 amide bonds. The van der Waals surface area contributed by atoms with Crippen LogP contribution in [0.1, 0.15) is 25.5 Å². The van der Waals surface area contributed by atoms with Gasteiger partial charge >= 0.3 is 0 Å². The molecule has 2 N–H and O–H groups in total. The molecule has 0 saturated heterocycles. The quantitative estimate of drug-likeness (QED) is 0.761. The highest BCUT2D eigenvalue weighted by Crippen LogP contribution is 2.29. The smallest absolute Gasteiger partial charge is 0.124 e. The minimum atomic E-state index is -0.673. The van der Waals surface area contributed by atoms with Gasteiger partial charge in [0.2, 0.25) is 0 Å². The minimum Gasteiger partial charge on any atom is -0.497 e. The third-order valence-electron chi connectivity index (χ3n) is 3.24. The van der Waals surface area contributed by atoms with Gasteiger partial charge in [-0.15, -0.1) is 0 Å². The second-order valence-corrected chi connectivity index (χ2v) is 5.22. The van der Waals surface area contributed by atoms with Gasteiger partial charge in [-0.2, -0.15) is 0 Å². The minimum absolute atomic E-state index is 0.266. The molecule has 1 aromatic carbocycles. The lowest BCUT2D eigenvalue weighted by molar-refractivity contribution is 0.0207. The van der Waals surface area contributed by atoms with E-state index in [4.69, 9.17) is 14.2 Å². The molecule has 1 rings (SSSR count). The molecule has 0 aliphatic carbocycles. The predicted molar refractivity (Wildman–Crippen MR) is 78.5 cm³/mol. The molecule has 0 aliphatic heterocycles. The Kier molecular flexibility index (Phi) is 6.26. The molecule has 0 bridgehead atoms. The summed E-state index contributed by atoms with van der Waals surface area (Å²) in [6.45, 7) is 5.03. The fourth-order valence-corrected chi connectivity index (χ4v) is 1.79. The zero-order valence-electron chi connectivity index (χ0n) is 12.9. The summed E-state index contributed by atoms with van der Waals surface area (Å²) in [7, 11) is 4.85.